The van der Waals surface area contributed by atoms with E-state index in [1.807, 2.05) is 0 Å². The van der Waals surface area contributed by atoms with Gasteiger partial charge >= 0.3 is 11.9 Å². The largest absolute Gasteiger partial charge is 0.466 e. The summed E-state index contributed by atoms with van der Waals surface area (Å²) in [7, 11) is 2.64. The van der Waals surface area contributed by atoms with Crippen LogP contribution in [-0.2, 0) is 23.8 Å². The second-order valence-electron chi connectivity index (χ2n) is 6.06. The van der Waals surface area contributed by atoms with Crippen molar-refractivity contribution in [2.45, 2.75) is 24.9 Å². The van der Waals surface area contributed by atoms with Crippen molar-refractivity contribution >= 4 is 34.9 Å². The monoisotopic (exact) mass is 397 g/mol. The fourth-order valence-corrected chi connectivity index (χ4v) is 4.41. The summed E-state index contributed by atoms with van der Waals surface area (Å²) < 4.78 is 16.2. The lowest BCUT2D eigenvalue weighted by Gasteiger charge is -2.30. The summed E-state index contributed by atoms with van der Waals surface area (Å²) in [6.07, 6.45) is 5.46. The number of rotatable bonds is 5. The van der Waals surface area contributed by atoms with Crippen LogP contribution in [0.5, 0.6) is 0 Å². The first kappa shape index (κ1) is 18.9. The zero-order chi connectivity index (χ0) is 18.7. The molecule has 2 aliphatic rings. The normalized spacial score (nSPS) is 20.6. The lowest BCUT2D eigenvalue weighted by Crippen LogP contribution is -2.32. The molecular formula is C18H20ClNO5S. The Morgan fingerprint density at radius 1 is 1.23 bits per heavy atom. The molecule has 0 N–H and O–H groups in total. The van der Waals surface area contributed by atoms with Crippen LogP contribution >= 0.6 is 22.9 Å². The van der Waals surface area contributed by atoms with Crippen LogP contribution in [0.4, 0.5) is 0 Å². The first-order chi connectivity index (χ1) is 12.5. The molecule has 1 atom stereocenters. The van der Waals surface area contributed by atoms with E-state index in [1.54, 1.807) is 29.4 Å². The van der Waals surface area contributed by atoms with Gasteiger partial charge in [-0.3, -0.25) is 0 Å². The van der Waals surface area contributed by atoms with Crippen molar-refractivity contribution in [3.8, 4) is 0 Å². The van der Waals surface area contributed by atoms with Gasteiger partial charge in [0.1, 0.15) is 0 Å². The van der Waals surface area contributed by atoms with Crippen molar-refractivity contribution in [2.24, 2.45) is 0 Å². The van der Waals surface area contributed by atoms with Crippen molar-refractivity contribution in [2.75, 3.05) is 27.4 Å². The molecule has 0 unspecified atom stereocenters. The molecule has 0 aromatic carbocycles. The molecule has 1 fully saturated rings. The molecule has 1 aromatic heterocycles. The van der Waals surface area contributed by atoms with Crippen molar-refractivity contribution in [1.29, 1.82) is 0 Å². The van der Waals surface area contributed by atoms with Crippen LogP contribution in [0.3, 0.4) is 0 Å². The highest BCUT2D eigenvalue weighted by atomic mass is 35.5. The minimum Gasteiger partial charge on any atom is -0.466 e. The fraction of sp³-hybridized carbons (Fsp3) is 0.444. The molecule has 8 heteroatoms. The summed E-state index contributed by atoms with van der Waals surface area (Å²) in [5, 5.41) is 0. The third-order valence-corrected chi connectivity index (χ3v) is 5.69. The number of methoxy groups -OCH3 is 2. The third-order valence-electron chi connectivity index (χ3n) is 4.39. The van der Waals surface area contributed by atoms with Gasteiger partial charge in [0.05, 0.1) is 41.7 Å². The predicted octanol–water partition coefficient (Wildman–Crippen LogP) is 3.09. The van der Waals surface area contributed by atoms with Gasteiger partial charge < -0.3 is 19.1 Å². The van der Waals surface area contributed by atoms with Crippen molar-refractivity contribution in [1.82, 2.24) is 4.90 Å². The van der Waals surface area contributed by atoms with Gasteiger partial charge in [-0.1, -0.05) is 11.6 Å². The number of esters is 2. The van der Waals surface area contributed by atoms with Crippen LogP contribution in [0.25, 0.3) is 0 Å². The van der Waals surface area contributed by atoms with Crippen molar-refractivity contribution < 1.29 is 23.8 Å². The van der Waals surface area contributed by atoms with Crippen LogP contribution in [0.1, 0.15) is 23.6 Å². The predicted molar refractivity (Wildman–Crippen MR) is 97.9 cm³/mol. The summed E-state index contributed by atoms with van der Waals surface area (Å²) >= 11 is 7.38. The highest BCUT2D eigenvalue weighted by molar-refractivity contribution is 7.16. The molecule has 3 rings (SSSR count). The second kappa shape index (κ2) is 8.24. The number of hydrogen-bond donors (Lipinski definition) is 0. The van der Waals surface area contributed by atoms with Crippen LogP contribution in [0.15, 0.2) is 35.7 Å². The number of carbonyl (C=O) groups excluding carboxylic acids is 2. The summed E-state index contributed by atoms with van der Waals surface area (Å²) in [6.45, 7) is 1.29. The molecule has 0 saturated carbocycles. The molecule has 1 aromatic rings. The Labute approximate surface area is 161 Å². The van der Waals surface area contributed by atoms with Crippen LogP contribution in [0, 0.1) is 0 Å². The van der Waals surface area contributed by atoms with E-state index in [4.69, 9.17) is 25.8 Å². The van der Waals surface area contributed by atoms with Gasteiger partial charge in [0.15, 0.2) is 0 Å². The second-order valence-corrected chi connectivity index (χ2v) is 7.81. The zero-order valence-electron chi connectivity index (χ0n) is 14.6. The average molecular weight is 398 g/mol. The molecule has 140 valence electrons. The van der Waals surface area contributed by atoms with E-state index in [0.29, 0.717) is 22.0 Å². The highest BCUT2D eigenvalue weighted by Crippen LogP contribution is 2.41. The smallest absolute Gasteiger partial charge is 0.336 e. The van der Waals surface area contributed by atoms with Gasteiger partial charge in [0, 0.05) is 30.4 Å². The van der Waals surface area contributed by atoms with Gasteiger partial charge in [0.25, 0.3) is 0 Å². The molecule has 0 amide bonds. The highest BCUT2D eigenvalue weighted by Gasteiger charge is 2.36. The minimum atomic E-state index is -0.576. The Balaban J connectivity index is 2.00. The summed E-state index contributed by atoms with van der Waals surface area (Å²) in [5.74, 6) is -1.56. The van der Waals surface area contributed by atoms with Crippen LogP contribution in [-0.4, -0.2) is 50.3 Å². The SMILES string of the molecule is COC(=O)C1=CN(C[C@@H]2CCCO2)C=C(C(=O)OC)C1c1ccc(Cl)s1. The molecule has 0 aliphatic carbocycles. The number of carbonyl (C=O) groups is 2. The summed E-state index contributed by atoms with van der Waals surface area (Å²) in [5.41, 5.74) is 0.735. The Bertz CT molecular complexity index is 717. The van der Waals surface area contributed by atoms with Gasteiger partial charge in [-0.2, -0.15) is 0 Å². The van der Waals surface area contributed by atoms with Crippen molar-refractivity contribution in [3.63, 3.8) is 0 Å². The van der Waals surface area contributed by atoms with E-state index >= 15 is 0 Å². The summed E-state index contributed by atoms with van der Waals surface area (Å²) in [4.78, 5) is 27.5. The molecule has 1 saturated heterocycles. The number of halogens is 1. The number of nitrogens with zero attached hydrogens (tertiary/aromatic N) is 1. The van der Waals surface area contributed by atoms with Gasteiger partial charge in [-0.15, -0.1) is 11.3 Å². The van der Waals surface area contributed by atoms with E-state index < -0.39 is 17.9 Å². The Hall–Kier alpha value is -1.83. The lowest BCUT2D eigenvalue weighted by atomic mass is 9.88. The summed E-state index contributed by atoms with van der Waals surface area (Å²) in [6, 6.07) is 3.55. The quantitative estimate of drug-likeness (QED) is 0.711. The zero-order valence-corrected chi connectivity index (χ0v) is 16.1. The average Bonchev–Trinajstić information content (AvgIpc) is 3.31. The number of thiophene rings is 1. The Morgan fingerprint density at radius 2 is 1.88 bits per heavy atom. The molecule has 0 spiro atoms. The maximum absolute atomic E-state index is 12.4. The maximum atomic E-state index is 12.4. The lowest BCUT2D eigenvalue weighted by molar-refractivity contribution is -0.137. The van der Waals surface area contributed by atoms with Gasteiger partial charge in [-0.25, -0.2) is 9.59 Å². The van der Waals surface area contributed by atoms with Gasteiger partial charge in [-0.05, 0) is 25.0 Å². The van der Waals surface area contributed by atoms with Gasteiger partial charge in [0.2, 0.25) is 0 Å². The molecule has 26 heavy (non-hydrogen) atoms. The topological polar surface area (TPSA) is 65.1 Å². The van der Waals surface area contributed by atoms with E-state index in [2.05, 4.69) is 0 Å². The first-order valence-corrected chi connectivity index (χ1v) is 9.45. The third kappa shape index (κ3) is 3.95. The number of ether oxygens (including phenoxy) is 3. The first-order valence-electron chi connectivity index (χ1n) is 8.26. The molecule has 0 radical (unpaired) electrons. The number of hydrogen-bond acceptors (Lipinski definition) is 7. The van der Waals surface area contributed by atoms with E-state index in [1.165, 1.54) is 25.6 Å². The van der Waals surface area contributed by atoms with E-state index in [9.17, 15) is 9.59 Å². The molecule has 3 heterocycles. The fourth-order valence-electron chi connectivity index (χ4n) is 3.21. The molecule has 0 bridgehead atoms. The van der Waals surface area contributed by atoms with Crippen LogP contribution < -0.4 is 0 Å². The molecule has 6 nitrogen and oxygen atoms in total. The van der Waals surface area contributed by atoms with E-state index in [0.717, 1.165) is 24.3 Å². The maximum Gasteiger partial charge on any atom is 0.336 e. The Kier molecular flexibility index (Phi) is 6.01. The standard InChI is InChI=1S/C18H20ClNO5S/c1-23-17(21)12-9-20(8-11-4-3-7-25-11)10-13(18(22)24-2)16(12)14-5-6-15(19)26-14/h5-6,9-11,16H,3-4,7-8H2,1-2H3/t11-/m0/s1. The Morgan fingerprint density at radius 3 is 2.35 bits per heavy atom. The van der Waals surface area contributed by atoms with Crippen molar-refractivity contribution in [3.05, 3.63) is 44.9 Å². The van der Waals surface area contributed by atoms with E-state index in [-0.39, 0.29) is 6.10 Å². The molecule has 2 aliphatic heterocycles. The minimum absolute atomic E-state index is 0.0630. The van der Waals surface area contributed by atoms with Crippen LogP contribution in [0.2, 0.25) is 4.34 Å². The molecular weight excluding hydrogens is 378 g/mol.